The third-order valence-electron chi connectivity index (χ3n) is 4.88. The summed E-state index contributed by atoms with van der Waals surface area (Å²) in [5, 5.41) is 9.47. The number of hydrogen-bond acceptors (Lipinski definition) is 2. The summed E-state index contributed by atoms with van der Waals surface area (Å²) in [6.45, 7) is 5.76. The Hall–Kier alpha value is -0.0800. The first-order valence-electron chi connectivity index (χ1n) is 9.73. The fourth-order valence-corrected chi connectivity index (χ4v) is 3.32. The molecule has 126 valence electrons. The predicted molar refractivity (Wildman–Crippen MR) is 92.8 cm³/mol. The van der Waals surface area contributed by atoms with E-state index in [1.807, 2.05) is 0 Å². The molecule has 1 rings (SSSR count). The van der Waals surface area contributed by atoms with Gasteiger partial charge in [-0.15, -0.1) is 0 Å². The van der Waals surface area contributed by atoms with Crippen LogP contribution < -0.4 is 0 Å². The van der Waals surface area contributed by atoms with Crippen molar-refractivity contribution >= 4 is 0 Å². The van der Waals surface area contributed by atoms with E-state index < -0.39 is 0 Å². The molecular formula is C19H39NO. The van der Waals surface area contributed by atoms with Gasteiger partial charge in [0.2, 0.25) is 0 Å². The van der Waals surface area contributed by atoms with Crippen molar-refractivity contribution in [1.82, 2.24) is 4.90 Å². The highest BCUT2D eigenvalue weighted by Gasteiger charge is 2.15. The van der Waals surface area contributed by atoms with E-state index >= 15 is 0 Å². The molecule has 0 atom stereocenters. The molecule has 1 aliphatic rings. The van der Waals surface area contributed by atoms with E-state index in [0.29, 0.717) is 0 Å². The second-order valence-electron chi connectivity index (χ2n) is 6.96. The SMILES string of the molecule is CCCCCCCCCCCCCCN1CCC(O)CC1. The topological polar surface area (TPSA) is 23.5 Å². The molecule has 2 nitrogen and oxygen atoms in total. The lowest BCUT2D eigenvalue weighted by Gasteiger charge is -2.29. The molecule has 0 amide bonds. The Kier molecular flexibility index (Phi) is 12.3. The van der Waals surface area contributed by atoms with Crippen LogP contribution in [0.2, 0.25) is 0 Å². The Morgan fingerprint density at radius 2 is 1.14 bits per heavy atom. The summed E-state index contributed by atoms with van der Waals surface area (Å²) >= 11 is 0. The predicted octanol–water partition coefficient (Wildman–Crippen LogP) is 5.14. The van der Waals surface area contributed by atoms with Crippen LogP contribution in [0.15, 0.2) is 0 Å². The van der Waals surface area contributed by atoms with Gasteiger partial charge in [-0.2, -0.15) is 0 Å². The molecule has 21 heavy (non-hydrogen) atoms. The Bertz CT molecular complexity index is 212. The molecule has 0 aromatic carbocycles. The van der Waals surface area contributed by atoms with E-state index in [-0.39, 0.29) is 6.10 Å². The van der Waals surface area contributed by atoms with Crippen molar-refractivity contribution in [3.8, 4) is 0 Å². The van der Waals surface area contributed by atoms with Gasteiger partial charge in [0, 0.05) is 13.1 Å². The van der Waals surface area contributed by atoms with Crippen LogP contribution in [0, 0.1) is 0 Å². The van der Waals surface area contributed by atoms with Crippen molar-refractivity contribution < 1.29 is 5.11 Å². The van der Waals surface area contributed by atoms with Crippen LogP contribution in [0.1, 0.15) is 96.8 Å². The van der Waals surface area contributed by atoms with Crippen molar-refractivity contribution in [2.75, 3.05) is 19.6 Å². The lowest BCUT2D eigenvalue weighted by molar-refractivity contribution is 0.0817. The molecule has 1 aliphatic heterocycles. The minimum absolute atomic E-state index is 0.0248. The molecule has 1 saturated heterocycles. The molecule has 0 bridgehead atoms. The summed E-state index contributed by atoms with van der Waals surface area (Å²) in [5.41, 5.74) is 0. The number of nitrogens with zero attached hydrogens (tertiary/aromatic N) is 1. The maximum absolute atomic E-state index is 9.47. The molecule has 2 heteroatoms. The van der Waals surface area contributed by atoms with Gasteiger partial charge in [-0.3, -0.25) is 0 Å². The van der Waals surface area contributed by atoms with Crippen LogP contribution in [0.4, 0.5) is 0 Å². The fourth-order valence-electron chi connectivity index (χ4n) is 3.32. The molecule has 0 radical (unpaired) electrons. The van der Waals surface area contributed by atoms with Crippen molar-refractivity contribution in [2.45, 2.75) is 103 Å². The monoisotopic (exact) mass is 297 g/mol. The average Bonchev–Trinajstić information content (AvgIpc) is 2.50. The highest BCUT2D eigenvalue weighted by Crippen LogP contribution is 2.13. The van der Waals surface area contributed by atoms with Gasteiger partial charge in [-0.05, 0) is 25.8 Å². The van der Waals surface area contributed by atoms with Crippen molar-refractivity contribution in [2.24, 2.45) is 0 Å². The van der Waals surface area contributed by atoms with E-state index in [1.165, 1.54) is 83.6 Å². The normalized spacial score (nSPS) is 17.4. The van der Waals surface area contributed by atoms with Gasteiger partial charge in [0.15, 0.2) is 0 Å². The Morgan fingerprint density at radius 3 is 1.62 bits per heavy atom. The molecule has 1 N–H and O–H groups in total. The minimum atomic E-state index is -0.0248. The van der Waals surface area contributed by atoms with Crippen molar-refractivity contribution in [3.05, 3.63) is 0 Å². The standard InChI is InChI=1S/C19H39NO/c1-2-3-4-5-6-7-8-9-10-11-12-13-16-20-17-14-19(21)15-18-20/h19,21H,2-18H2,1H3. The van der Waals surface area contributed by atoms with E-state index in [2.05, 4.69) is 11.8 Å². The summed E-state index contributed by atoms with van der Waals surface area (Å²) in [5.74, 6) is 0. The summed E-state index contributed by atoms with van der Waals surface area (Å²) < 4.78 is 0. The first-order valence-corrected chi connectivity index (χ1v) is 9.73. The zero-order chi connectivity index (χ0) is 15.2. The van der Waals surface area contributed by atoms with Crippen molar-refractivity contribution in [3.63, 3.8) is 0 Å². The number of hydrogen-bond donors (Lipinski definition) is 1. The lowest BCUT2D eigenvalue weighted by Crippen LogP contribution is -2.36. The van der Waals surface area contributed by atoms with Crippen molar-refractivity contribution in [1.29, 1.82) is 0 Å². The number of aliphatic hydroxyl groups is 1. The van der Waals surface area contributed by atoms with Crippen LogP contribution in [-0.2, 0) is 0 Å². The van der Waals surface area contributed by atoms with Gasteiger partial charge >= 0.3 is 0 Å². The number of piperidine rings is 1. The van der Waals surface area contributed by atoms with E-state index in [1.54, 1.807) is 0 Å². The second-order valence-corrected chi connectivity index (χ2v) is 6.96. The van der Waals surface area contributed by atoms with Crippen LogP contribution in [0.3, 0.4) is 0 Å². The third-order valence-corrected chi connectivity index (χ3v) is 4.88. The molecule has 0 saturated carbocycles. The number of likely N-dealkylation sites (tertiary alicyclic amines) is 1. The van der Waals surface area contributed by atoms with E-state index in [4.69, 9.17) is 0 Å². The number of aliphatic hydroxyl groups excluding tert-OH is 1. The molecule has 0 aromatic heterocycles. The molecule has 0 unspecified atom stereocenters. The van der Waals surface area contributed by atoms with Gasteiger partial charge in [0.1, 0.15) is 0 Å². The summed E-state index contributed by atoms with van der Waals surface area (Å²) in [6, 6.07) is 0. The second kappa shape index (κ2) is 13.6. The molecule has 1 heterocycles. The quantitative estimate of drug-likeness (QED) is 0.476. The highest BCUT2D eigenvalue weighted by molar-refractivity contribution is 4.70. The zero-order valence-corrected chi connectivity index (χ0v) is 14.5. The largest absolute Gasteiger partial charge is 0.393 e. The van der Waals surface area contributed by atoms with Crippen LogP contribution in [0.5, 0.6) is 0 Å². The first-order chi connectivity index (χ1) is 10.3. The van der Waals surface area contributed by atoms with Gasteiger partial charge in [0.25, 0.3) is 0 Å². The lowest BCUT2D eigenvalue weighted by atomic mass is 10.0. The minimum Gasteiger partial charge on any atom is -0.393 e. The maximum atomic E-state index is 9.47. The third kappa shape index (κ3) is 11.2. The molecular weight excluding hydrogens is 258 g/mol. The highest BCUT2D eigenvalue weighted by atomic mass is 16.3. The summed E-state index contributed by atoms with van der Waals surface area (Å²) in [4.78, 5) is 2.53. The van der Waals surface area contributed by atoms with Crippen LogP contribution >= 0.6 is 0 Å². The first kappa shape index (κ1) is 19.0. The summed E-state index contributed by atoms with van der Waals surface area (Å²) in [6.07, 6.45) is 19.1. The Balaban J connectivity index is 1.73. The summed E-state index contributed by atoms with van der Waals surface area (Å²) in [7, 11) is 0. The number of rotatable bonds is 13. The van der Waals surface area contributed by atoms with Gasteiger partial charge in [-0.1, -0.05) is 77.6 Å². The fraction of sp³-hybridized carbons (Fsp3) is 1.00. The van der Waals surface area contributed by atoms with E-state index in [9.17, 15) is 5.11 Å². The smallest absolute Gasteiger partial charge is 0.0564 e. The zero-order valence-electron chi connectivity index (χ0n) is 14.5. The number of unbranched alkanes of at least 4 members (excludes halogenated alkanes) is 11. The van der Waals surface area contributed by atoms with Gasteiger partial charge < -0.3 is 10.0 Å². The van der Waals surface area contributed by atoms with Gasteiger partial charge in [0.05, 0.1) is 6.10 Å². The molecule has 0 aliphatic carbocycles. The van der Waals surface area contributed by atoms with Gasteiger partial charge in [-0.25, -0.2) is 0 Å². The van der Waals surface area contributed by atoms with Crippen LogP contribution in [0.25, 0.3) is 0 Å². The Morgan fingerprint density at radius 1 is 0.714 bits per heavy atom. The average molecular weight is 298 g/mol. The molecule has 0 spiro atoms. The van der Waals surface area contributed by atoms with E-state index in [0.717, 1.165) is 25.9 Å². The maximum Gasteiger partial charge on any atom is 0.0564 e. The van der Waals surface area contributed by atoms with Crippen LogP contribution in [-0.4, -0.2) is 35.7 Å². The molecule has 1 fully saturated rings. The molecule has 0 aromatic rings. The Labute approximate surface area is 133 Å².